The molecule has 14 heavy (non-hydrogen) atoms. The van der Waals surface area contributed by atoms with Crippen LogP contribution in [0.5, 0.6) is 0 Å². The van der Waals surface area contributed by atoms with Gasteiger partial charge in [0.25, 0.3) is 0 Å². The molecule has 0 amide bonds. The van der Waals surface area contributed by atoms with Crippen LogP contribution < -0.4 is 0 Å². The van der Waals surface area contributed by atoms with Crippen LogP contribution in [0.25, 0.3) is 0 Å². The second kappa shape index (κ2) is 5.23. The Kier molecular flexibility index (Phi) is 4.24. The van der Waals surface area contributed by atoms with Crippen molar-refractivity contribution in [1.82, 2.24) is 14.8 Å². The zero-order chi connectivity index (χ0) is 10.6. The van der Waals surface area contributed by atoms with Crippen molar-refractivity contribution in [3.8, 4) is 0 Å². The van der Waals surface area contributed by atoms with Crippen molar-refractivity contribution >= 4 is 12.2 Å². The molecule has 0 aliphatic carbocycles. The Labute approximate surface area is 87.7 Å². The second-order valence-corrected chi connectivity index (χ2v) is 3.53. The van der Waals surface area contributed by atoms with E-state index in [2.05, 4.69) is 10.2 Å². The van der Waals surface area contributed by atoms with Crippen molar-refractivity contribution < 1.29 is 9.84 Å². The highest BCUT2D eigenvalue weighted by Crippen LogP contribution is 2.01. The molecule has 0 bridgehead atoms. The number of aliphatic hydroxyl groups is 1. The van der Waals surface area contributed by atoms with Crippen LogP contribution in [0, 0.1) is 4.77 Å². The van der Waals surface area contributed by atoms with Gasteiger partial charge in [-0.25, -0.2) is 0 Å². The standard InChI is InChI=1S/C8H15N3O2S/c1-6(12)5-7-9-10-8(14)11(7)3-4-13-2/h6,12H,3-5H2,1-2H3,(H,10,14). The molecule has 0 spiro atoms. The summed E-state index contributed by atoms with van der Waals surface area (Å²) in [5, 5.41) is 16.0. The molecule has 5 nitrogen and oxygen atoms in total. The van der Waals surface area contributed by atoms with Crippen molar-refractivity contribution in [1.29, 1.82) is 0 Å². The van der Waals surface area contributed by atoms with Crippen molar-refractivity contribution in [2.75, 3.05) is 13.7 Å². The molecule has 1 aromatic heterocycles. The third kappa shape index (κ3) is 2.90. The minimum Gasteiger partial charge on any atom is -0.393 e. The Bertz CT molecular complexity index is 332. The molecule has 1 aromatic rings. The molecule has 0 aliphatic rings. The number of nitrogens with one attached hydrogen (secondary N) is 1. The highest BCUT2D eigenvalue weighted by molar-refractivity contribution is 7.71. The van der Waals surface area contributed by atoms with E-state index < -0.39 is 6.10 Å². The molecule has 1 heterocycles. The van der Waals surface area contributed by atoms with E-state index in [0.717, 1.165) is 5.82 Å². The first-order valence-electron chi connectivity index (χ1n) is 4.46. The smallest absolute Gasteiger partial charge is 0.195 e. The van der Waals surface area contributed by atoms with Crippen LogP contribution in [-0.4, -0.2) is 39.7 Å². The van der Waals surface area contributed by atoms with Gasteiger partial charge in [-0.2, -0.15) is 5.10 Å². The van der Waals surface area contributed by atoms with Crippen LogP contribution >= 0.6 is 12.2 Å². The fraction of sp³-hybridized carbons (Fsp3) is 0.750. The van der Waals surface area contributed by atoms with E-state index in [1.807, 2.05) is 4.57 Å². The van der Waals surface area contributed by atoms with E-state index in [1.54, 1.807) is 14.0 Å². The molecule has 1 unspecified atom stereocenters. The number of nitrogens with zero attached hydrogens (tertiary/aromatic N) is 2. The average molecular weight is 217 g/mol. The Morgan fingerprint density at radius 1 is 1.71 bits per heavy atom. The number of hydrogen-bond donors (Lipinski definition) is 2. The summed E-state index contributed by atoms with van der Waals surface area (Å²) in [5.41, 5.74) is 0. The number of aromatic nitrogens is 3. The molecule has 0 aromatic carbocycles. The molecule has 2 N–H and O–H groups in total. The van der Waals surface area contributed by atoms with Crippen molar-refractivity contribution in [2.45, 2.75) is 26.0 Å². The Morgan fingerprint density at radius 2 is 2.43 bits per heavy atom. The Morgan fingerprint density at radius 3 is 3.00 bits per heavy atom. The van der Waals surface area contributed by atoms with Gasteiger partial charge in [-0.15, -0.1) is 0 Å². The van der Waals surface area contributed by atoms with Crippen LogP contribution in [0.15, 0.2) is 0 Å². The van der Waals surface area contributed by atoms with Crippen LogP contribution in [0.2, 0.25) is 0 Å². The Balaban J connectivity index is 2.77. The lowest BCUT2D eigenvalue weighted by Gasteiger charge is -2.06. The van der Waals surface area contributed by atoms with Crippen molar-refractivity contribution in [3.63, 3.8) is 0 Å². The topological polar surface area (TPSA) is 63.1 Å². The summed E-state index contributed by atoms with van der Waals surface area (Å²) in [7, 11) is 1.64. The molecule has 0 fully saturated rings. The van der Waals surface area contributed by atoms with Gasteiger partial charge in [-0.3, -0.25) is 5.10 Å². The van der Waals surface area contributed by atoms with Gasteiger partial charge >= 0.3 is 0 Å². The summed E-state index contributed by atoms with van der Waals surface area (Å²) in [6, 6.07) is 0. The summed E-state index contributed by atoms with van der Waals surface area (Å²) < 4.78 is 7.36. The van der Waals surface area contributed by atoms with E-state index in [4.69, 9.17) is 17.0 Å². The molecule has 1 rings (SSSR count). The predicted molar refractivity (Wildman–Crippen MR) is 54.7 cm³/mol. The first-order chi connectivity index (χ1) is 6.65. The average Bonchev–Trinajstić information content (AvgIpc) is 2.44. The first kappa shape index (κ1) is 11.4. The lowest BCUT2D eigenvalue weighted by atomic mass is 10.3. The van der Waals surface area contributed by atoms with E-state index in [9.17, 15) is 5.11 Å². The largest absolute Gasteiger partial charge is 0.393 e. The lowest BCUT2D eigenvalue weighted by molar-refractivity contribution is 0.177. The van der Waals surface area contributed by atoms with Gasteiger partial charge in [0.05, 0.1) is 12.7 Å². The minimum atomic E-state index is -0.415. The van der Waals surface area contributed by atoms with Gasteiger partial charge in [0.2, 0.25) is 0 Å². The zero-order valence-electron chi connectivity index (χ0n) is 8.36. The van der Waals surface area contributed by atoms with E-state index in [1.165, 1.54) is 0 Å². The lowest BCUT2D eigenvalue weighted by Crippen LogP contribution is -2.13. The maximum absolute atomic E-state index is 9.23. The number of methoxy groups -OCH3 is 1. The van der Waals surface area contributed by atoms with E-state index in [0.29, 0.717) is 24.3 Å². The summed E-state index contributed by atoms with van der Waals surface area (Å²) in [4.78, 5) is 0. The molecule has 0 aliphatic heterocycles. The molecule has 6 heteroatoms. The predicted octanol–water partition coefficient (Wildman–Crippen LogP) is 0.510. The molecular weight excluding hydrogens is 202 g/mol. The third-order valence-electron chi connectivity index (χ3n) is 1.83. The van der Waals surface area contributed by atoms with Gasteiger partial charge < -0.3 is 14.4 Å². The number of ether oxygens (including phenoxy) is 1. The van der Waals surface area contributed by atoms with Gasteiger partial charge in [-0.05, 0) is 19.1 Å². The number of aromatic amines is 1. The molecule has 80 valence electrons. The fourth-order valence-electron chi connectivity index (χ4n) is 1.18. The molecule has 1 atom stereocenters. The first-order valence-corrected chi connectivity index (χ1v) is 4.87. The van der Waals surface area contributed by atoms with E-state index >= 15 is 0 Å². The number of H-pyrrole nitrogens is 1. The molecule has 0 saturated carbocycles. The van der Waals surface area contributed by atoms with Gasteiger partial charge in [-0.1, -0.05) is 0 Å². The number of hydrogen-bond acceptors (Lipinski definition) is 4. The summed E-state index contributed by atoms with van der Waals surface area (Å²) >= 11 is 5.05. The maximum Gasteiger partial charge on any atom is 0.195 e. The monoisotopic (exact) mass is 217 g/mol. The highest BCUT2D eigenvalue weighted by Gasteiger charge is 2.08. The number of rotatable bonds is 5. The Hall–Kier alpha value is -0.720. The fourth-order valence-corrected chi connectivity index (χ4v) is 1.43. The van der Waals surface area contributed by atoms with Crippen molar-refractivity contribution in [2.24, 2.45) is 0 Å². The summed E-state index contributed by atoms with van der Waals surface area (Å²) in [6.07, 6.45) is 0.0816. The van der Waals surface area contributed by atoms with Gasteiger partial charge in [0.1, 0.15) is 5.82 Å². The molecule has 0 radical (unpaired) electrons. The quantitative estimate of drug-likeness (QED) is 0.705. The second-order valence-electron chi connectivity index (χ2n) is 3.14. The SMILES string of the molecule is COCCn1c(CC(C)O)n[nH]c1=S. The van der Waals surface area contributed by atoms with Crippen LogP contribution in [0.4, 0.5) is 0 Å². The van der Waals surface area contributed by atoms with Crippen LogP contribution in [0.3, 0.4) is 0 Å². The van der Waals surface area contributed by atoms with Crippen molar-refractivity contribution in [3.05, 3.63) is 10.6 Å². The molecule has 0 saturated heterocycles. The van der Waals surface area contributed by atoms with E-state index in [-0.39, 0.29) is 0 Å². The zero-order valence-corrected chi connectivity index (χ0v) is 9.17. The van der Waals surface area contributed by atoms with Crippen LogP contribution in [-0.2, 0) is 17.7 Å². The molecular formula is C8H15N3O2S. The summed E-state index contributed by atoms with van der Waals surface area (Å²) in [5.74, 6) is 0.766. The highest BCUT2D eigenvalue weighted by atomic mass is 32.1. The summed E-state index contributed by atoms with van der Waals surface area (Å²) in [6.45, 7) is 2.97. The number of aliphatic hydroxyl groups excluding tert-OH is 1. The van der Waals surface area contributed by atoms with Gasteiger partial charge in [0, 0.05) is 20.1 Å². The van der Waals surface area contributed by atoms with Gasteiger partial charge in [0.15, 0.2) is 4.77 Å². The third-order valence-corrected chi connectivity index (χ3v) is 2.15. The maximum atomic E-state index is 9.23. The van der Waals surface area contributed by atoms with Crippen LogP contribution in [0.1, 0.15) is 12.7 Å². The normalized spacial score (nSPS) is 13.1. The minimum absolute atomic E-state index is 0.415.